The van der Waals surface area contributed by atoms with E-state index in [1.165, 1.54) is 18.4 Å². The molecule has 0 aliphatic heterocycles. The van der Waals surface area contributed by atoms with E-state index < -0.39 is 0 Å². The van der Waals surface area contributed by atoms with Crippen molar-refractivity contribution in [3.63, 3.8) is 0 Å². The summed E-state index contributed by atoms with van der Waals surface area (Å²) in [6.45, 7) is 6.11. The molecule has 94 valence electrons. The highest BCUT2D eigenvalue weighted by Gasteiger charge is 2.21. The third kappa shape index (κ3) is 4.02. The van der Waals surface area contributed by atoms with Crippen LogP contribution in [0.3, 0.4) is 0 Å². The van der Waals surface area contributed by atoms with Crippen LogP contribution in [0.25, 0.3) is 0 Å². The first kappa shape index (κ1) is 12.4. The van der Waals surface area contributed by atoms with Crippen molar-refractivity contribution in [2.75, 3.05) is 6.61 Å². The van der Waals surface area contributed by atoms with Crippen LogP contribution in [-0.4, -0.2) is 12.6 Å². The maximum Gasteiger partial charge on any atom is 0.130 e. The summed E-state index contributed by atoms with van der Waals surface area (Å²) in [4.78, 5) is 0. The molecule has 0 saturated heterocycles. The zero-order valence-corrected chi connectivity index (χ0v) is 10.7. The second-order valence-electron chi connectivity index (χ2n) is 4.56. The zero-order valence-electron chi connectivity index (χ0n) is 10.7. The molecule has 0 bridgehead atoms. The maximum absolute atomic E-state index is 5.76. The lowest BCUT2D eigenvalue weighted by Crippen LogP contribution is -2.15. The molecule has 1 aliphatic carbocycles. The number of hydrogen-bond acceptors (Lipinski definition) is 3. The molecule has 1 heterocycles. The van der Waals surface area contributed by atoms with Gasteiger partial charge in [0.15, 0.2) is 0 Å². The predicted molar refractivity (Wildman–Crippen MR) is 67.8 cm³/mol. The molecular formula is C14H21NO2. The number of furan rings is 1. The first-order valence-corrected chi connectivity index (χ1v) is 6.30. The minimum atomic E-state index is 0.550. The molecule has 17 heavy (non-hydrogen) atoms. The summed E-state index contributed by atoms with van der Waals surface area (Å²) in [7, 11) is 0. The third-order valence-corrected chi connectivity index (χ3v) is 2.89. The van der Waals surface area contributed by atoms with Crippen molar-refractivity contribution in [1.29, 1.82) is 0 Å². The van der Waals surface area contributed by atoms with Crippen LogP contribution < -0.4 is 5.32 Å². The maximum atomic E-state index is 5.76. The van der Waals surface area contributed by atoms with Crippen molar-refractivity contribution in [3.05, 3.63) is 35.3 Å². The lowest BCUT2D eigenvalue weighted by atomic mass is 10.2. The van der Waals surface area contributed by atoms with E-state index in [0.29, 0.717) is 19.3 Å². The van der Waals surface area contributed by atoms with Gasteiger partial charge in [0.2, 0.25) is 0 Å². The summed E-state index contributed by atoms with van der Waals surface area (Å²) in [6, 6.07) is 2.79. The SMILES string of the molecule is CC=CCOCc1cc(C)c(CNC2CC2)o1. The number of nitrogens with one attached hydrogen (secondary N) is 1. The Labute approximate surface area is 103 Å². The number of ether oxygens (including phenoxy) is 1. The van der Waals surface area contributed by atoms with E-state index in [4.69, 9.17) is 9.15 Å². The van der Waals surface area contributed by atoms with Gasteiger partial charge in [-0.05, 0) is 38.3 Å². The molecule has 3 nitrogen and oxygen atoms in total. The van der Waals surface area contributed by atoms with Gasteiger partial charge in [-0.25, -0.2) is 0 Å². The molecule has 1 aromatic rings. The van der Waals surface area contributed by atoms with E-state index in [0.717, 1.165) is 18.1 Å². The highest BCUT2D eigenvalue weighted by atomic mass is 16.5. The fraction of sp³-hybridized carbons (Fsp3) is 0.571. The van der Waals surface area contributed by atoms with Gasteiger partial charge in [0, 0.05) is 6.04 Å². The van der Waals surface area contributed by atoms with E-state index >= 15 is 0 Å². The van der Waals surface area contributed by atoms with Gasteiger partial charge in [-0.2, -0.15) is 0 Å². The molecular weight excluding hydrogens is 214 g/mol. The van der Waals surface area contributed by atoms with Crippen molar-refractivity contribution in [1.82, 2.24) is 5.32 Å². The summed E-state index contributed by atoms with van der Waals surface area (Å²) >= 11 is 0. The highest BCUT2D eigenvalue weighted by molar-refractivity contribution is 5.19. The molecule has 3 heteroatoms. The number of hydrogen-bond donors (Lipinski definition) is 1. The fourth-order valence-electron chi connectivity index (χ4n) is 1.69. The van der Waals surface area contributed by atoms with Crippen LogP contribution in [-0.2, 0) is 17.9 Å². The van der Waals surface area contributed by atoms with Crippen LogP contribution in [0.2, 0.25) is 0 Å². The Balaban J connectivity index is 1.79. The van der Waals surface area contributed by atoms with Gasteiger partial charge >= 0.3 is 0 Å². The lowest BCUT2D eigenvalue weighted by molar-refractivity contribution is 0.130. The molecule has 1 N–H and O–H groups in total. The average molecular weight is 235 g/mol. The molecule has 0 aromatic carbocycles. The molecule has 0 atom stereocenters. The van der Waals surface area contributed by atoms with Gasteiger partial charge in [-0.15, -0.1) is 0 Å². The lowest BCUT2D eigenvalue weighted by Gasteiger charge is -2.00. The summed E-state index contributed by atoms with van der Waals surface area (Å²) < 4.78 is 11.2. The number of rotatable bonds is 7. The summed E-state index contributed by atoms with van der Waals surface area (Å²) in [6.07, 6.45) is 6.59. The Morgan fingerprint density at radius 1 is 1.53 bits per heavy atom. The molecule has 0 unspecified atom stereocenters. The van der Waals surface area contributed by atoms with Gasteiger partial charge in [-0.3, -0.25) is 0 Å². The minimum absolute atomic E-state index is 0.550. The fourth-order valence-corrected chi connectivity index (χ4v) is 1.69. The molecule has 1 aromatic heterocycles. The van der Waals surface area contributed by atoms with Crippen LogP contribution in [0, 0.1) is 6.92 Å². The quantitative estimate of drug-likeness (QED) is 0.583. The monoisotopic (exact) mass is 235 g/mol. The molecule has 1 saturated carbocycles. The largest absolute Gasteiger partial charge is 0.462 e. The summed E-state index contributed by atoms with van der Waals surface area (Å²) in [5.41, 5.74) is 1.21. The Morgan fingerprint density at radius 3 is 3.06 bits per heavy atom. The molecule has 2 rings (SSSR count). The third-order valence-electron chi connectivity index (χ3n) is 2.89. The molecule has 0 radical (unpaired) electrons. The molecule has 0 spiro atoms. The van der Waals surface area contributed by atoms with Gasteiger partial charge in [-0.1, -0.05) is 12.2 Å². The van der Waals surface area contributed by atoms with E-state index in [1.807, 2.05) is 19.1 Å². The minimum Gasteiger partial charge on any atom is -0.462 e. The number of allylic oxidation sites excluding steroid dienone is 1. The molecule has 1 fully saturated rings. The van der Waals surface area contributed by atoms with Gasteiger partial charge < -0.3 is 14.5 Å². The molecule has 1 aliphatic rings. The Kier molecular flexibility index (Phi) is 4.40. The average Bonchev–Trinajstić information content (AvgIpc) is 3.07. The Morgan fingerprint density at radius 2 is 2.35 bits per heavy atom. The Hall–Kier alpha value is -1.06. The van der Waals surface area contributed by atoms with Crippen LogP contribution in [0.5, 0.6) is 0 Å². The van der Waals surface area contributed by atoms with Crippen LogP contribution in [0.15, 0.2) is 22.6 Å². The van der Waals surface area contributed by atoms with E-state index in [-0.39, 0.29) is 0 Å². The van der Waals surface area contributed by atoms with Crippen molar-refractivity contribution >= 4 is 0 Å². The topological polar surface area (TPSA) is 34.4 Å². The van der Waals surface area contributed by atoms with Crippen LogP contribution in [0.4, 0.5) is 0 Å². The summed E-state index contributed by atoms with van der Waals surface area (Å²) in [5.74, 6) is 1.96. The van der Waals surface area contributed by atoms with E-state index in [1.54, 1.807) is 0 Å². The van der Waals surface area contributed by atoms with Gasteiger partial charge in [0.05, 0.1) is 13.2 Å². The normalized spacial score (nSPS) is 15.9. The standard InChI is InChI=1S/C14H21NO2/c1-3-4-7-16-10-13-8-11(2)14(17-13)9-15-12-5-6-12/h3-4,8,12,15H,5-7,9-10H2,1-2H3. The second kappa shape index (κ2) is 6.03. The van der Waals surface area contributed by atoms with E-state index in [2.05, 4.69) is 18.3 Å². The van der Waals surface area contributed by atoms with Crippen LogP contribution >= 0.6 is 0 Å². The van der Waals surface area contributed by atoms with Crippen molar-refractivity contribution in [3.8, 4) is 0 Å². The molecule has 0 amide bonds. The van der Waals surface area contributed by atoms with Crippen molar-refractivity contribution < 1.29 is 9.15 Å². The smallest absolute Gasteiger partial charge is 0.130 e. The first-order valence-electron chi connectivity index (χ1n) is 6.30. The summed E-state index contributed by atoms with van der Waals surface area (Å²) in [5, 5.41) is 3.46. The zero-order chi connectivity index (χ0) is 12.1. The predicted octanol–water partition coefficient (Wildman–Crippen LogP) is 2.93. The van der Waals surface area contributed by atoms with Gasteiger partial charge in [0.1, 0.15) is 18.1 Å². The number of aryl methyl sites for hydroxylation is 1. The van der Waals surface area contributed by atoms with Crippen molar-refractivity contribution in [2.24, 2.45) is 0 Å². The second-order valence-corrected chi connectivity index (χ2v) is 4.56. The van der Waals surface area contributed by atoms with Gasteiger partial charge in [0.25, 0.3) is 0 Å². The van der Waals surface area contributed by atoms with Crippen molar-refractivity contribution in [2.45, 2.75) is 45.9 Å². The highest BCUT2D eigenvalue weighted by Crippen LogP contribution is 2.21. The first-order chi connectivity index (χ1) is 8.29. The Bertz CT molecular complexity index is 378. The van der Waals surface area contributed by atoms with Crippen LogP contribution in [0.1, 0.15) is 36.8 Å². The van der Waals surface area contributed by atoms with E-state index in [9.17, 15) is 0 Å².